The molecular weight excluding hydrogens is 278 g/mol. The van der Waals surface area contributed by atoms with Crippen molar-refractivity contribution in [1.82, 2.24) is 0 Å². The first-order chi connectivity index (χ1) is 10.8. The highest BCUT2D eigenvalue weighted by atomic mass is 16.5. The summed E-state index contributed by atoms with van der Waals surface area (Å²) in [4.78, 5) is 10.5. The first-order valence-electron chi connectivity index (χ1n) is 6.68. The van der Waals surface area contributed by atoms with Crippen molar-refractivity contribution >= 4 is 12.4 Å². The maximum absolute atomic E-state index is 10.5. The first kappa shape index (κ1) is 15.3. The van der Waals surface area contributed by atoms with Crippen LogP contribution in [0.1, 0.15) is 16.7 Å². The fraction of sp³-hybridized carbons (Fsp3) is 0.111. The molecule has 4 nitrogen and oxygen atoms in total. The second-order valence-electron chi connectivity index (χ2n) is 4.50. The third kappa shape index (κ3) is 3.97. The Labute approximate surface area is 129 Å². The van der Waals surface area contributed by atoms with Crippen LogP contribution in [-0.2, 0) is 11.4 Å². The summed E-state index contributed by atoms with van der Waals surface area (Å²) in [6.45, 7) is 0.387. The van der Waals surface area contributed by atoms with Gasteiger partial charge in [0.25, 0.3) is 0 Å². The van der Waals surface area contributed by atoms with Crippen molar-refractivity contribution in [1.29, 1.82) is 5.26 Å². The summed E-state index contributed by atoms with van der Waals surface area (Å²) >= 11 is 0. The molecule has 0 saturated heterocycles. The lowest BCUT2D eigenvalue weighted by Crippen LogP contribution is -1.97. The van der Waals surface area contributed by atoms with Gasteiger partial charge in [-0.05, 0) is 48.0 Å². The summed E-state index contributed by atoms with van der Waals surface area (Å²) in [6.07, 6.45) is 3.68. The molecule has 4 heteroatoms. The van der Waals surface area contributed by atoms with E-state index in [0.717, 1.165) is 11.3 Å². The fourth-order valence-corrected chi connectivity index (χ4v) is 1.91. The van der Waals surface area contributed by atoms with Crippen LogP contribution in [0.2, 0.25) is 0 Å². The standard InChI is InChI=1S/C18H15NO3/c1-21-17-7-4-14(5-8-17)13-22-18-9-6-15(12-19)11-16(18)3-2-10-20/h2-11H,13H2,1H3. The number of nitrogens with zero attached hydrogens (tertiary/aromatic N) is 1. The van der Waals surface area contributed by atoms with E-state index in [1.807, 2.05) is 24.3 Å². The number of carbonyl (C=O) groups is 1. The Balaban J connectivity index is 2.15. The van der Waals surface area contributed by atoms with Crippen LogP contribution in [0, 0.1) is 11.3 Å². The van der Waals surface area contributed by atoms with Crippen LogP contribution in [-0.4, -0.2) is 13.4 Å². The van der Waals surface area contributed by atoms with Gasteiger partial charge < -0.3 is 9.47 Å². The highest BCUT2D eigenvalue weighted by molar-refractivity contribution is 5.75. The summed E-state index contributed by atoms with van der Waals surface area (Å²) < 4.78 is 10.9. The first-order valence-corrected chi connectivity index (χ1v) is 6.68. The van der Waals surface area contributed by atoms with Gasteiger partial charge in [-0.25, -0.2) is 0 Å². The van der Waals surface area contributed by atoms with E-state index in [1.165, 1.54) is 6.08 Å². The lowest BCUT2D eigenvalue weighted by molar-refractivity contribution is -0.104. The monoisotopic (exact) mass is 293 g/mol. The van der Waals surface area contributed by atoms with E-state index < -0.39 is 0 Å². The van der Waals surface area contributed by atoms with Gasteiger partial charge in [-0.15, -0.1) is 0 Å². The van der Waals surface area contributed by atoms with Gasteiger partial charge in [-0.3, -0.25) is 4.79 Å². The van der Waals surface area contributed by atoms with Crippen LogP contribution in [0.25, 0.3) is 6.08 Å². The number of rotatable bonds is 6. The lowest BCUT2D eigenvalue weighted by atomic mass is 10.1. The molecule has 2 aromatic carbocycles. The van der Waals surface area contributed by atoms with Crippen molar-refractivity contribution in [2.24, 2.45) is 0 Å². The Morgan fingerprint density at radius 1 is 1.18 bits per heavy atom. The Hall–Kier alpha value is -3.06. The number of hydrogen-bond acceptors (Lipinski definition) is 4. The largest absolute Gasteiger partial charge is 0.497 e. The molecule has 0 aromatic heterocycles. The van der Waals surface area contributed by atoms with E-state index in [9.17, 15) is 4.79 Å². The minimum Gasteiger partial charge on any atom is -0.497 e. The zero-order valence-electron chi connectivity index (χ0n) is 12.2. The fourth-order valence-electron chi connectivity index (χ4n) is 1.91. The molecule has 0 radical (unpaired) electrons. The summed E-state index contributed by atoms with van der Waals surface area (Å²) in [6, 6.07) is 14.7. The van der Waals surface area contributed by atoms with Crippen molar-refractivity contribution in [3.05, 3.63) is 65.2 Å². The van der Waals surface area contributed by atoms with Gasteiger partial charge in [-0.1, -0.05) is 12.1 Å². The van der Waals surface area contributed by atoms with E-state index in [2.05, 4.69) is 6.07 Å². The zero-order chi connectivity index (χ0) is 15.8. The van der Waals surface area contributed by atoms with Crippen molar-refractivity contribution in [3.63, 3.8) is 0 Å². The predicted molar refractivity (Wildman–Crippen MR) is 83.6 cm³/mol. The number of methoxy groups -OCH3 is 1. The Bertz CT molecular complexity index is 712. The molecule has 0 spiro atoms. The van der Waals surface area contributed by atoms with E-state index in [-0.39, 0.29) is 0 Å². The summed E-state index contributed by atoms with van der Waals surface area (Å²) in [7, 11) is 1.62. The second kappa shape index (κ2) is 7.65. The molecule has 0 aliphatic rings. The van der Waals surface area contributed by atoms with Crippen LogP contribution in [0.5, 0.6) is 11.5 Å². The minimum absolute atomic E-state index is 0.387. The second-order valence-corrected chi connectivity index (χ2v) is 4.50. The molecule has 0 aliphatic heterocycles. The average Bonchev–Trinajstić information content (AvgIpc) is 2.58. The van der Waals surface area contributed by atoms with Crippen molar-refractivity contribution in [3.8, 4) is 17.6 Å². The third-order valence-corrected chi connectivity index (χ3v) is 3.05. The molecule has 0 fully saturated rings. The van der Waals surface area contributed by atoms with Gasteiger partial charge in [0.05, 0.1) is 18.7 Å². The third-order valence-electron chi connectivity index (χ3n) is 3.05. The van der Waals surface area contributed by atoms with Gasteiger partial charge in [0.1, 0.15) is 24.4 Å². The Morgan fingerprint density at radius 3 is 2.59 bits per heavy atom. The van der Waals surface area contributed by atoms with E-state index in [1.54, 1.807) is 31.4 Å². The van der Waals surface area contributed by atoms with Crippen molar-refractivity contribution in [2.45, 2.75) is 6.61 Å². The molecule has 0 aliphatic carbocycles. The smallest absolute Gasteiger partial charge is 0.142 e. The Kier molecular flexibility index (Phi) is 5.33. The van der Waals surface area contributed by atoms with Gasteiger partial charge in [0.2, 0.25) is 0 Å². The molecule has 2 aromatic rings. The molecule has 0 amide bonds. The molecule has 110 valence electrons. The normalized spacial score (nSPS) is 10.2. The number of nitriles is 1. The van der Waals surface area contributed by atoms with Gasteiger partial charge in [-0.2, -0.15) is 5.26 Å². The molecular formula is C18H15NO3. The van der Waals surface area contributed by atoms with Gasteiger partial charge in [0, 0.05) is 5.56 Å². The number of ether oxygens (including phenoxy) is 2. The predicted octanol–water partition coefficient (Wildman–Crippen LogP) is 3.36. The molecule has 0 atom stereocenters. The number of aldehydes is 1. The quantitative estimate of drug-likeness (QED) is 0.605. The van der Waals surface area contributed by atoms with Gasteiger partial charge in [0.15, 0.2) is 0 Å². The molecule has 0 N–H and O–H groups in total. The zero-order valence-corrected chi connectivity index (χ0v) is 12.2. The Morgan fingerprint density at radius 2 is 1.95 bits per heavy atom. The molecule has 0 heterocycles. The summed E-state index contributed by atoms with van der Waals surface area (Å²) in [5.74, 6) is 1.41. The summed E-state index contributed by atoms with van der Waals surface area (Å²) in [5, 5.41) is 8.94. The van der Waals surface area contributed by atoms with E-state index in [0.29, 0.717) is 29.8 Å². The van der Waals surface area contributed by atoms with Crippen LogP contribution in [0.3, 0.4) is 0 Å². The minimum atomic E-state index is 0.387. The van der Waals surface area contributed by atoms with Crippen LogP contribution < -0.4 is 9.47 Å². The molecule has 0 bridgehead atoms. The number of carbonyl (C=O) groups excluding carboxylic acids is 1. The number of benzene rings is 2. The maximum atomic E-state index is 10.5. The maximum Gasteiger partial charge on any atom is 0.142 e. The van der Waals surface area contributed by atoms with E-state index >= 15 is 0 Å². The molecule has 0 unspecified atom stereocenters. The van der Waals surface area contributed by atoms with Crippen LogP contribution >= 0.6 is 0 Å². The van der Waals surface area contributed by atoms with Crippen LogP contribution in [0.15, 0.2) is 48.5 Å². The highest BCUT2D eigenvalue weighted by Gasteiger charge is 2.04. The number of hydrogen-bond donors (Lipinski definition) is 0. The molecule has 22 heavy (non-hydrogen) atoms. The summed E-state index contributed by atoms with van der Waals surface area (Å²) in [5.41, 5.74) is 2.21. The topological polar surface area (TPSA) is 59.3 Å². The van der Waals surface area contributed by atoms with Crippen molar-refractivity contribution < 1.29 is 14.3 Å². The number of allylic oxidation sites excluding steroid dienone is 1. The van der Waals surface area contributed by atoms with Crippen LogP contribution in [0.4, 0.5) is 0 Å². The van der Waals surface area contributed by atoms with Gasteiger partial charge >= 0.3 is 0 Å². The highest BCUT2D eigenvalue weighted by Crippen LogP contribution is 2.23. The average molecular weight is 293 g/mol. The lowest BCUT2D eigenvalue weighted by Gasteiger charge is -2.10. The van der Waals surface area contributed by atoms with E-state index in [4.69, 9.17) is 14.7 Å². The van der Waals surface area contributed by atoms with Crippen molar-refractivity contribution in [2.75, 3.05) is 7.11 Å². The SMILES string of the molecule is COc1ccc(COc2ccc(C#N)cc2C=CC=O)cc1. The molecule has 2 rings (SSSR count). The molecule has 0 saturated carbocycles.